The van der Waals surface area contributed by atoms with Gasteiger partial charge in [0.15, 0.2) is 0 Å². The van der Waals surface area contributed by atoms with E-state index >= 15 is 4.39 Å². The van der Waals surface area contributed by atoms with E-state index in [0.717, 1.165) is 65.3 Å². The van der Waals surface area contributed by atoms with Crippen LogP contribution in [-0.2, 0) is 0 Å². The van der Waals surface area contributed by atoms with E-state index in [1.54, 1.807) is 12.1 Å². The minimum atomic E-state index is -4.41. The molecule has 1 atom stereocenters. The number of alkyl halides is 4. The molecule has 0 fully saturated rings. The van der Waals surface area contributed by atoms with Crippen molar-refractivity contribution in [3.05, 3.63) is 133 Å². The normalized spacial score (nSPS) is 12.9. The number of fused-ring (bicyclic) bond motifs is 4. The molecule has 1 unspecified atom stereocenters. The molecule has 0 N–H and O–H groups in total. The van der Waals surface area contributed by atoms with E-state index in [9.17, 15) is 13.2 Å². The van der Waals surface area contributed by atoms with Crippen molar-refractivity contribution < 1.29 is 17.6 Å². The van der Waals surface area contributed by atoms with E-state index < -0.39 is 25.2 Å². The Morgan fingerprint density at radius 3 is 1.50 bits per heavy atom. The van der Waals surface area contributed by atoms with Crippen molar-refractivity contribution in [1.29, 1.82) is 0 Å². The van der Waals surface area contributed by atoms with E-state index in [-0.39, 0.29) is 5.56 Å². The number of rotatable bonds is 5. The zero-order valence-electron chi connectivity index (χ0n) is 22.6. The predicted molar refractivity (Wildman–Crippen MR) is 166 cm³/mol. The minimum absolute atomic E-state index is 0.258. The van der Waals surface area contributed by atoms with Crippen molar-refractivity contribution in [2.75, 3.05) is 0 Å². The molecule has 7 aromatic carbocycles. The summed E-state index contributed by atoms with van der Waals surface area (Å²) in [7, 11) is 0. The van der Waals surface area contributed by atoms with Crippen molar-refractivity contribution in [2.45, 2.75) is 25.2 Å². The molecule has 0 saturated carbocycles. The highest BCUT2D eigenvalue weighted by molar-refractivity contribution is 6.22. The van der Waals surface area contributed by atoms with Gasteiger partial charge in [-0.15, -0.1) is 0 Å². The van der Waals surface area contributed by atoms with Gasteiger partial charge < -0.3 is 0 Å². The highest BCUT2D eigenvalue weighted by atomic mass is 19.4. The van der Waals surface area contributed by atoms with Crippen LogP contribution in [0.3, 0.4) is 0 Å². The Balaban J connectivity index is 1.54. The van der Waals surface area contributed by atoms with Crippen molar-refractivity contribution in [2.24, 2.45) is 0 Å². The molecule has 0 nitrogen and oxygen atoms in total. The third kappa shape index (κ3) is 4.77. The number of benzene rings is 7. The van der Waals surface area contributed by atoms with Crippen LogP contribution >= 0.6 is 0 Å². The van der Waals surface area contributed by atoms with E-state index in [2.05, 4.69) is 72.8 Å². The molecule has 0 bridgehead atoms. The minimum Gasteiger partial charge on any atom is -0.242 e. The van der Waals surface area contributed by atoms with Crippen molar-refractivity contribution in [1.82, 2.24) is 0 Å². The van der Waals surface area contributed by atoms with Gasteiger partial charge in [-0.2, -0.15) is 13.2 Å². The van der Waals surface area contributed by atoms with Gasteiger partial charge in [-0.3, -0.25) is 0 Å². The maximum absolute atomic E-state index is 15.3. The maximum Gasteiger partial charge on any atom is 0.389 e. The molecule has 0 aromatic heterocycles. The van der Waals surface area contributed by atoms with Crippen LogP contribution in [0.2, 0.25) is 0 Å². The molecule has 4 heteroatoms. The molecule has 7 rings (SSSR count). The summed E-state index contributed by atoms with van der Waals surface area (Å²) in [5.41, 5.74) is 4.23. The molecule has 0 heterocycles. The molecule has 0 aliphatic carbocycles. The van der Waals surface area contributed by atoms with Crippen molar-refractivity contribution in [3.63, 3.8) is 0 Å². The Labute approximate surface area is 240 Å². The van der Waals surface area contributed by atoms with Crippen LogP contribution in [0.4, 0.5) is 17.6 Å². The predicted octanol–water partition coefficient (Wildman–Crippen LogP) is 12.0. The Bertz CT molecular complexity index is 2110. The highest BCUT2D eigenvalue weighted by Gasteiger charge is 2.29. The largest absolute Gasteiger partial charge is 0.389 e. The summed E-state index contributed by atoms with van der Waals surface area (Å²) < 4.78 is 54.2. The second-order valence-electron chi connectivity index (χ2n) is 10.8. The third-order valence-electron chi connectivity index (χ3n) is 8.17. The summed E-state index contributed by atoms with van der Waals surface area (Å²) in [5.74, 6) is 0. The van der Waals surface area contributed by atoms with E-state index in [0.29, 0.717) is 0 Å². The topological polar surface area (TPSA) is 0 Å². The van der Waals surface area contributed by atoms with Crippen LogP contribution in [0.1, 0.15) is 24.6 Å². The Morgan fingerprint density at radius 1 is 0.476 bits per heavy atom. The molecule has 0 spiro atoms. The van der Waals surface area contributed by atoms with Crippen molar-refractivity contribution in [3.8, 4) is 22.3 Å². The number of hydrogen-bond donors (Lipinski definition) is 0. The summed E-state index contributed by atoms with van der Waals surface area (Å²) in [6.45, 7) is 0. The van der Waals surface area contributed by atoms with Crippen molar-refractivity contribution >= 4 is 43.1 Å². The lowest BCUT2D eigenvalue weighted by Crippen LogP contribution is -2.08. The van der Waals surface area contributed by atoms with Gasteiger partial charge in [-0.1, -0.05) is 109 Å². The van der Waals surface area contributed by atoms with Gasteiger partial charge in [-0.25, -0.2) is 4.39 Å². The van der Waals surface area contributed by atoms with Gasteiger partial charge in [-0.05, 0) is 95.5 Å². The SMILES string of the molecule is FC(CCC(F)(F)F)c1ccc2c(-c3ccc4ccccc4c3)c3ccccc3c(-c3ccc4ccccc4c3)c2c1. The van der Waals surface area contributed by atoms with Crippen LogP contribution in [-0.4, -0.2) is 6.18 Å². The molecule has 0 radical (unpaired) electrons. The Morgan fingerprint density at radius 2 is 0.952 bits per heavy atom. The first kappa shape index (κ1) is 26.2. The average Bonchev–Trinajstić information content (AvgIpc) is 3.01. The molecular weight excluding hydrogens is 532 g/mol. The van der Waals surface area contributed by atoms with E-state index in [4.69, 9.17) is 0 Å². The maximum atomic E-state index is 15.3. The standard InChI is InChI=1S/C38H26F4/c39-35(19-20-38(40,41)42)28-17-18-33-34(23-28)37(30-16-14-25-8-2-4-10-27(25)22-30)32-12-6-5-11-31(32)36(33)29-15-13-24-7-1-3-9-26(24)21-29/h1-18,21-23,35H,19-20H2. The molecule has 206 valence electrons. The first-order valence-corrected chi connectivity index (χ1v) is 14.0. The van der Waals surface area contributed by atoms with E-state index in [1.807, 2.05) is 42.5 Å². The average molecular weight is 559 g/mol. The first-order chi connectivity index (χ1) is 20.4. The fourth-order valence-corrected chi connectivity index (χ4v) is 6.16. The third-order valence-corrected chi connectivity index (χ3v) is 8.17. The lowest BCUT2D eigenvalue weighted by atomic mass is 9.84. The smallest absolute Gasteiger partial charge is 0.242 e. The summed E-state index contributed by atoms with van der Waals surface area (Å²) in [6.07, 6.45) is -7.90. The molecule has 42 heavy (non-hydrogen) atoms. The fourth-order valence-electron chi connectivity index (χ4n) is 6.16. The lowest BCUT2D eigenvalue weighted by Gasteiger charge is -2.20. The first-order valence-electron chi connectivity index (χ1n) is 14.0. The fraction of sp³-hybridized carbons (Fsp3) is 0.105. The Kier molecular flexibility index (Phi) is 6.42. The second kappa shape index (κ2) is 10.3. The van der Waals surface area contributed by atoms with Crippen LogP contribution in [0.5, 0.6) is 0 Å². The van der Waals surface area contributed by atoms with Gasteiger partial charge >= 0.3 is 6.18 Å². The summed E-state index contributed by atoms with van der Waals surface area (Å²) >= 11 is 0. The highest BCUT2D eigenvalue weighted by Crippen LogP contribution is 2.45. The van der Waals surface area contributed by atoms with Crippen LogP contribution < -0.4 is 0 Å². The molecule has 7 aromatic rings. The molecule has 0 aliphatic rings. The van der Waals surface area contributed by atoms with E-state index in [1.165, 1.54) is 0 Å². The van der Waals surface area contributed by atoms with Crippen LogP contribution in [0.25, 0.3) is 65.3 Å². The van der Waals surface area contributed by atoms with Crippen LogP contribution in [0, 0.1) is 0 Å². The second-order valence-corrected chi connectivity index (χ2v) is 10.8. The molecule has 0 aliphatic heterocycles. The summed E-state index contributed by atoms with van der Waals surface area (Å²) in [6, 6.07) is 42.5. The number of halogens is 4. The van der Waals surface area contributed by atoms with Gasteiger partial charge in [0.25, 0.3) is 0 Å². The molecule has 0 amide bonds. The van der Waals surface area contributed by atoms with Gasteiger partial charge in [0.1, 0.15) is 6.17 Å². The van der Waals surface area contributed by atoms with Gasteiger partial charge in [0.2, 0.25) is 0 Å². The summed E-state index contributed by atoms with van der Waals surface area (Å²) in [5, 5.41) is 8.25. The summed E-state index contributed by atoms with van der Waals surface area (Å²) in [4.78, 5) is 0. The zero-order chi connectivity index (χ0) is 28.8. The quantitative estimate of drug-likeness (QED) is 0.146. The Hall–Kier alpha value is -4.70. The molecular formula is C38H26F4. The van der Waals surface area contributed by atoms with Crippen LogP contribution in [0.15, 0.2) is 127 Å². The monoisotopic (exact) mass is 558 g/mol. The van der Waals surface area contributed by atoms with Gasteiger partial charge in [0.05, 0.1) is 0 Å². The molecule has 0 saturated heterocycles. The lowest BCUT2D eigenvalue weighted by molar-refractivity contribution is -0.138. The van der Waals surface area contributed by atoms with Gasteiger partial charge in [0, 0.05) is 6.42 Å². The zero-order valence-corrected chi connectivity index (χ0v) is 22.6. The number of hydrogen-bond acceptors (Lipinski definition) is 0.